The Balaban J connectivity index is 2.37. The molecule has 0 fully saturated rings. The fourth-order valence-electron chi connectivity index (χ4n) is 1.61. The Kier molecular flexibility index (Phi) is 3.84. The minimum Gasteiger partial charge on any atom is -0.478 e. The largest absolute Gasteiger partial charge is 0.478 e. The van der Waals surface area contributed by atoms with Gasteiger partial charge in [0.25, 0.3) is 0 Å². The van der Waals surface area contributed by atoms with E-state index in [4.69, 9.17) is 16.7 Å². The van der Waals surface area contributed by atoms with E-state index in [9.17, 15) is 4.79 Å². The van der Waals surface area contributed by atoms with Crippen molar-refractivity contribution in [2.45, 2.75) is 6.92 Å². The molecule has 2 aromatic rings. The number of allylic oxidation sites excluding steroid dienone is 1. The predicted octanol–water partition coefficient (Wildman–Crippen LogP) is 4.56. The zero-order chi connectivity index (χ0) is 13.1. The van der Waals surface area contributed by atoms with Gasteiger partial charge in [0.2, 0.25) is 0 Å². The number of hydrogen-bond acceptors (Lipinski definition) is 2. The van der Waals surface area contributed by atoms with Gasteiger partial charge in [0.1, 0.15) is 0 Å². The van der Waals surface area contributed by atoms with E-state index in [1.54, 1.807) is 6.92 Å². The van der Waals surface area contributed by atoms with Gasteiger partial charge in [0.05, 0.1) is 0 Å². The summed E-state index contributed by atoms with van der Waals surface area (Å²) in [5, 5.41) is 9.42. The first-order chi connectivity index (χ1) is 8.58. The predicted molar refractivity (Wildman–Crippen MR) is 76.1 cm³/mol. The number of aliphatic carboxylic acids is 1. The molecular weight excluding hydrogens is 268 g/mol. The van der Waals surface area contributed by atoms with Gasteiger partial charge < -0.3 is 5.11 Å². The monoisotopic (exact) mass is 278 g/mol. The van der Waals surface area contributed by atoms with Crippen LogP contribution >= 0.6 is 22.9 Å². The van der Waals surface area contributed by atoms with E-state index in [0.717, 1.165) is 20.9 Å². The maximum absolute atomic E-state index is 10.6. The van der Waals surface area contributed by atoms with Gasteiger partial charge in [0.15, 0.2) is 0 Å². The Hall–Kier alpha value is -1.58. The van der Waals surface area contributed by atoms with Crippen LogP contribution in [0.15, 0.2) is 42.5 Å². The second kappa shape index (κ2) is 5.38. The molecule has 0 unspecified atom stereocenters. The number of benzene rings is 1. The van der Waals surface area contributed by atoms with Crippen LogP contribution in [0.4, 0.5) is 0 Å². The summed E-state index contributed by atoms with van der Waals surface area (Å²) < 4.78 is 0. The topological polar surface area (TPSA) is 37.3 Å². The molecule has 1 heterocycles. The number of thiophene rings is 1. The molecule has 1 aromatic carbocycles. The highest BCUT2D eigenvalue weighted by Gasteiger charge is 2.07. The lowest BCUT2D eigenvalue weighted by Gasteiger charge is -1.99. The first-order valence-corrected chi connectivity index (χ1v) is 6.53. The van der Waals surface area contributed by atoms with Gasteiger partial charge in [0, 0.05) is 26.4 Å². The zero-order valence-electron chi connectivity index (χ0n) is 9.68. The van der Waals surface area contributed by atoms with Crippen LogP contribution in [0.1, 0.15) is 11.8 Å². The summed E-state index contributed by atoms with van der Waals surface area (Å²) in [5.41, 5.74) is 1.71. The lowest BCUT2D eigenvalue weighted by molar-refractivity contribution is -0.131. The van der Waals surface area contributed by atoms with Gasteiger partial charge in [-0.05, 0) is 30.7 Å². The second-order valence-electron chi connectivity index (χ2n) is 3.81. The average molecular weight is 279 g/mol. The molecule has 0 radical (unpaired) electrons. The van der Waals surface area contributed by atoms with Crippen LogP contribution in [-0.2, 0) is 4.79 Å². The highest BCUT2D eigenvalue weighted by molar-refractivity contribution is 7.16. The quantitative estimate of drug-likeness (QED) is 0.836. The number of rotatable bonds is 3. The fourth-order valence-corrected chi connectivity index (χ4v) is 2.92. The zero-order valence-corrected chi connectivity index (χ0v) is 11.3. The lowest BCUT2D eigenvalue weighted by Crippen LogP contribution is -1.88. The van der Waals surface area contributed by atoms with Crippen molar-refractivity contribution in [3.05, 3.63) is 52.4 Å². The molecule has 0 atom stereocenters. The molecule has 0 aliphatic heterocycles. The average Bonchev–Trinajstić information content (AvgIpc) is 2.78. The second-order valence-corrected chi connectivity index (χ2v) is 5.30. The van der Waals surface area contributed by atoms with Crippen molar-refractivity contribution < 1.29 is 9.90 Å². The van der Waals surface area contributed by atoms with Crippen LogP contribution in [0.5, 0.6) is 0 Å². The van der Waals surface area contributed by atoms with E-state index in [2.05, 4.69) is 0 Å². The molecule has 92 valence electrons. The number of carboxylic acids is 1. The third-order valence-corrected chi connectivity index (χ3v) is 4.06. The van der Waals surface area contributed by atoms with Crippen molar-refractivity contribution in [1.82, 2.24) is 0 Å². The van der Waals surface area contributed by atoms with Crippen molar-refractivity contribution in [2.24, 2.45) is 0 Å². The van der Waals surface area contributed by atoms with Gasteiger partial charge in [-0.3, -0.25) is 0 Å². The summed E-state index contributed by atoms with van der Waals surface area (Å²) in [5.74, 6) is -0.930. The maximum Gasteiger partial charge on any atom is 0.328 e. The molecule has 18 heavy (non-hydrogen) atoms. The van der Waals surface area contributed by atoms with Gasteiger partial charge in [-0.15, -0.1) is 11.3 Å². The van der Waals surface area contributed by atoms with E-state index in [1.165, 1.54) is 17.4 Å². The van der Waals surface area contributed by atoms with Gasteiger partial charge in [-0.25, -0.2) is 4.79 Å². The molecule has 0 bridgehead atoms. The molecule has 0 aliphatic rings. The molecule has 0 aliphatic carbocycles. The Morgan fingerprint density at radius 2 is 2.00 bits per heavy atom. The SMILES string of the molecule is C/C(=C\C(=O)O)c1ccc(-c2ccccc2Cl)s1. The molecule has 1 aromatic heterocycles. The standard InChI is InChI=1S/C14H11ClO2S/c1-9(8-14(16)17)12-6-7-13(18-12)10-4-2-3-5-11(10)15/h2-8H,1H3,(H,16,17)/b9-8+. The minimum atomic E-state index is -0.930. The maximum atomic E-state index is 10.6. The summed E-state index contributed by atoms with van der Waals surface area (Å²) in [7, 11) is 0. The Morgan fingerprint density at radius 3 is 2.67 bits per heavy atom. The van der Waals surface area contributed by atoms with Gasteiger partial charge in [-0.2, -0.15) is 0 Å². The van der Waals surface area contributed by atoms with E-state index in [-0.39, 0.29) is 0 Å². The fraction of sp³-hybridized carbons (Fsp3) is 0.0714. The van der Waals surface area contributed by atoms with E-state index < -0.39 is 5.97 Å². The van der Waals surface area contributed by atoms with E-state index in [1.807, 2.05) is 36.4 Å². The molecule has 0 saturated heterocycles. The Morgan fingerprint density at radius 1 is 1.28 bits per heavy atom. The van der Waals surface area contributed by atoms with Crippen LogP contribution in [0, 0.1) is 0 Å². The summed E-state index contributed by atoms with van der Waals surface area (Å²) >= 11 is 7.66. The van der Waals surface area contributed by atoms with Crippen molar-refractivity contribution in [1.29, 1.82) is 0 Å². The van der Waals surface area contributed by atoms with Crippen molar-refractivity contribution in [2.75, 3.05) is 0 Å². The number of carbonyl (C=O) groups is 1. The normalized spacial score (nSPS) is 11.6. The number of carboxylic acid groups (broad SMARTS) is 1. The summed E-state index contributed by atoms with van der Waals surface area (Å²) in [4.78, 5) is 12.6. The van der Waals surface area contributed by atoms with E-state index in [0.29, 0.717) is 5.02 Å². The number of halogens is 1. The van der Waals surface area contributed by atoms with Crippen LogP contribution < -0.4 is 0 Å². The molecule has 0 spiro atoms. The van der Waals surface area contributed by atoms with Crippen molar-refractivity contribution in [3.8, 4) is 10.4 Å². The van der Waals surface area contributed by atoms with Gasteiger partial charge in [-0.1, -0.05) is 29.8 Å². The third kappa shape index (κ3) is 2.81. The van der Waals surface area contributed by atoms with Crippen molar-refractivity contribution >= 4 is 34.5 Å². The molecule has 2 nitrogen and oxygen atoms in total. The summed E-state index contributed by atoms with van der Waals surface area (Å²) in [6, 6.07) is 11.5. The summed E-state index contributed by atoms with van der Waals surface area (Å²) in [6.07, 6.45) is 1.21. The molecule has 4 heteroatoms. The summed E-state index contributed by atoms with van der Waals surface area (Å²) in [6.45, 7) is 1.79. The smallest absolute Gasteiger partial charge is 0.328 e. The molecule has 2 rings (SSSR count). The molecule has 1 N–H and O–H groups in total. The molecule has 0 saturated carbocycles. The van der Waals surface area contributed by atoms with Crippen molar-refractivity contribution in [3.63, 3.8) is 0 Å². The third-order valence-electron chi connectivity index (χ3n) is 2.47. The van der Waals surface area contributed by atoms with Crippen LogP contribution in [-0.4, -0.2) is 11.1 Å². The molecule has 0 amide bonds. The highest BCUT2D eigenvalue weighted by Crippen LogP contribution is 2.35. The van der Waals surface area contributed by atoms with Crippen LogP contribution in [0.3, 0.4) is 0 Å². The lowest BCUT2D eigenvalue weighted by atomic mass is 10.2. The van der Waals surface area contributed by atoms with Gasteiger partial charge >= 0.3 is 5.97 Å². The Labute approximate surface area is 114 Å². The van der Waals surface area contributed by atoms with E-state index >= 15 is 0 Å². The first-order valence-electron chi connectivity index (χ1n) is 5.34. The molecular formula is C14H11ClO2S. The Bertz CT molecular complexity index is 614. The minimum absolute atomic E-state index is 0.700. The highest BCUT2D eigenvalue weighted by atomic mass is 35.5. The first kappa shape index (κ1) is 12.9. The number of hydrogen-bond donors (Lipinski definition) is 1. The van der Waals surface area contributed by atoms with Crippen LogP contribution in [0.25, 0.3) is 16.0 Å². The van der Waals surface area contributed by atoms with Crippen LogP contribution in [0.2, 0.25) is 5.02 Å².